The monoisotopic (exact) mass is 617 g/mol. The highest BCUT2D eigenvalue weighted by Gasteiger charge is 2.34. The minimum atomic E-state index is -4.94. The standard InChI is InChI=1S/C27H24N9O7P/c37-25(34-13-19-7-1-4-10-22(19)28-16-34)31-41-44(40,42-32-26(38)35-14-20-8-2-5-11-23(20)29-17-35)43-33-27(39)36-15-21-9-3-6-12-24(21)30-18-36/h1-15H,16-18H2,(H,31,37)(H,32,38)(H,33,39). The van der Waals surface area contributed by atoms with Gasteiger partial charge in [0.2, 0.25) is 0 Å². The molecule has 0 saturated carbocycles. The molecule has 0 bridgehead atoms. The fraction of sp³-hybridized carbons (Fsp3) is 0.111. The van der Waals surface area contributed by atoms with E-state index in [1.165, 1.54) is 18.6 Å². The molecular formula is C27H24N9O7P. The SMILES string of the molecule is O=C(NOP(=O)(ONC(=O)N1C=c2ccccc2=NC1)ONC(=O)N1C=c2ccccc2=NC1)N1C=c2ccccc2=NC1. The maximum atomic E-state index is 13.5. The summed E-state index contributed by atoms with van der Waals surface area (Å²) in [4.78, 5) is 54.7. The molecule has 3 aromatic carbocycles. The van der Waals surface area contributed by atoms with Crippen molar-refractivity contribution in [3.8, 4) is 0 Å². The highest BCUT2D eigenvalue weighted by Crippen LogP contribution is 2.46. The molecular weight excluding hydrogens is 593 g/mol. The van der Waals surface area contributed by atoms with Gasteiger partial charge in [-0.25, -0.2) is 35.4 Å². The molecule has 3 heterocycles. The smallest absolute Gasteiger partial charge is 0.279 e. The lowest BCUT2D eigenvalue weighted by molar-refractivity contribution is 0.0312. The Morgan fingerprint density at radius 2 is 0.841 bits per heavy atom. The molecule has 6 amide bonds. The summed E-state index contributed by atoms with van der Waals surface area (Å²) in [6.45, 7) is -0.175. The molecule has 3 N–H and O–H groups in total. The van der Waals surface area contributed by atoms with E-state index in [2.05, 4.69) is 15.0 Å². The number of hydrogen-bond donors (Lipinski definition) is 3. The Bertz CT molecular complexity index is 1830. The Morgan fingerprint density at radius 3 is 1.16 bits per heavy atom. The lowest BCUT2D eigenvalue weighted by Gasteiger charge is -2.24. The van der Waals surface area contributed by atoms with Gasteiger partial charge in [0.15, 0.2) is 0 Å². The van der Waals surface area contributed by atoms with Crippen LogP contribution in [0.2, 0.25) is 0 Å². The summed E-state index contributed by atoms with van der Waals surface area (Å²) in [6.07, 6.45) is 4.54. The normalized spacial score (nSPS) is 14.8. The minimum Gasteiger partial charge on any atom is -0.279 e. The first kappa shape index (κ1) is 28.7. The molecule has 0 spiro atoms. The third-order valence-corrected chi connectivity index (χ3v) is 7.34. The predicted molar refractivity (Wildman–Crippen MR) is 152 cm³/mol. The summed E-state index contributed by atoms with van der Waals surface area (Å²) in [5.74, 6) is 0. The van der Waals surface area contributed by atoms with E-state index in [4.69, 9.17) is 13.9 Å². The summed E-state index contributed by atoms with van der Waals surface area (Å²) < 4.78 is 28.5. The molecule has 16 nitrogen and oxygen atoms in total. The maximum absolute atomic E-state index is 13.5. The van der Waals surface area contributed by atoms with Crippen molar-refractivity contribution >= 4 is 44.5 Å². The second-order valence-corrected chi connectivity index (χ2v) is 10.8. The summed E-state index contributed by atoms with van der Waals surface area (Å²) in [6, 6.07) is 18.8. The molecule has 0 unspecified atom stereocenters. The molecule has 0 radical (unpaired) electrons. The van der Waals surface area contributed by atoms with E-state index in [-0.39, 0.29) is 20.0 Å². The van der Waals surface area contributed by atoms with Crippen molar-refractivity contribution in [2.24, 2.45) is 15.0 Å². The number of urea groups is 3. The van der Waals surface area contributed by atoms with Gasteiger partial charge in [0.25, 0.3) is 0 Å². The maximum Gasteiger partial charge on any atom is 0.539 e. The zero-order valence-corrected chi connectivity index (χ0v) is 23.7. The Hall–Kier alpha value is -5.41. The molecule has 44 heavy (non-hydrogen) atoms. The molecule has 3 aliphatic rings. The lowest BCUT2D eigenvalue weighted by atomic mass is 10.3. The summed E-state index contributed by atoms with van der Waals surface area (Å²) in [5.41, 5.74) is 5.87. The molecule has 6 rings (SSSR count). The van der Waals surface area contributed by atoms with Gasteiger partial charge in [0.05, 0.1) is 16.1 Å². The molecule has 0 aliphatic carbocycles. The van der Waals surface area contributed by atoms with Gasteiger partial charge in [-0.3, -0.25) is 29.7 Å². The zero-order chi connectivity index (χ0) is 30.5. The van der Waals surface area contributed by atoms with Crippen molar-refractivity contribution < 1.29 is 32.8 Å². The van der Waals surface area contributed by atoms with E-state index in [9.17, 15) is 18.9 Å². The Balaban J connectivity index is 1.14. The van der Waals surface area contributed by atoms with E-state index in [0.717, 1.165) is 14.7 Å². The lowest BCUT2D eigenvalue weighted by Crippen LogP contribution is -2.45. The van der Waals surface area contributed by atoms with Crippen LogP contribution in [0.1, 0.15) is 0 Å². The van der Waals surface area contributed by atoms with Crippen LogP contribution >= 0.6 is 7.82 Å². The topological polar surface area (TPSA) is 179 Å². The highest BCUT2D eigenvalue weighted by molar-refractivity contribution is 7.48. The van der Waals surface area contributed by atoms with E-state index in [0.29, 0.717) is 31.7 Å². The van der Waals surface area contributed by atoms with Gasteiger partial charge in [-0.1, -0.05) is 54.6 Å². The van der Waals surface area contributed by atoms with Crippen LogP contribution < -0.4 is 48.2 Å². The number of carbonyl (C=O) groups excluding carboxylic acids is 3. The molecule has 0 saturated heterocycles. The first-order valence-electron chi connectivity index (χ1n) is 13.1. The molecule has 0 fully saturated rings. The number of rotatable bonds is 6. The van der Waals surface area contributed by atoms with Crippen LogP contribution in [0.25, 0.3) is 18.6 Å². The molecule has 17 heteroatoms. The Morgan fingerprint density at radius 1 is 0.545 bits per heavy atom. The van der Waals surface area contributed by atoms with Gasteiger partial charge >= 0.3 is 25.9 Å². The summed E-state index contributed by atoms with van der Waals surface area (Å²) in [7, 11) is -4.94. The average molecular weight is 618 g/mol. The van der Waals surface area contributed by atoms with Crippen LogP contribution in [-0.2, 0) is 18.4 Å². The molecule has 0 atom stereocenters. The first-order valence-corrected chi connectivity index (χ1v) is 14.5. The van der Waals surface area contributed by atoms with Gasteiger partial charge in [-0.05, 0) is 18.2 Å². The van der Waals surface area contributed by atoms with Crippen molar-refractivity contribution in [3.05, 3.63) is 105 Å². The largest absolute Gasteiger partial charge is 0.539 e. The first-order chi connectivity index (χ1) is 21.4. The zero-order valence-electron chi connectivity index (χ0n) is 22.8. The third-order valence-electron chi connectivity index (χ3n) is 6.39. The number of benzene rings is 3. The quantitative estimate of drug-likeness (QED) is 0.235. The van der Waals surface area contributed by atoms with Crippen molar-refractivity contribution in [3.63, 3.8) is 0 Å². The van der Waals surface area contributed by atoms with Gasteiger partial charge in [-0.2, -0.15) is 13.9 Å². The number of para-hydroxylation sites is 3. The van der Waals surface area contributed by atoms with E-state index < -0.39 is 25.9 Å². The van der Waals surface area contributed by atoms with Crippen molar-refractivity contribution in [2.45, 2.75) is 0 Å². The number of fused-ring (bicyclic) bond motifs is 3. The van der Waals surface area contributed by atoms with Crippen LogP contribution in [0.5, 0.6) is 0 Å². The Labute approximate surface area is 248 Å². The number of hydrogen-bond acceptors (Lipinski definition) is 10. The molecule has 0 aromatic heterocycles. The van der Waals surface area contributed by atoms with Gasteiger partial charge in [0.1, 0.15) is 20.0 Å². The number of phosphoric acid groups is 1. The number of carbonyl (C=O) groups is 3. The van der Waals surface area contributed by atoms with Crippen molar-refractivity contribution in [2.75, 3.05) is 20.0 Å². The highest BCUT2D eigenvalue weighted by atomic mass is 31.2. The molecule has 3 aliphatic heterocycles. The fourth-order valence-electron chi connectivity index (χ4n) is 4.19. The van der Waals surface area contributed by atoms with Crippen molar-refractivity contribution in [1.29, 1.82) is 0 Å². The second-order valence-electron chi connectivity index (χ2n) is 9.31. The number of nitrogens with zero attached hydrogens (tertiary/aromatic N) is 6. The summed E-state index contributed by atoms with van der Waals surface area (Å²) >= 11 is 0. The number of hydroxylamine groups is 3. The van der Waals surface area contributed by atoms with Crippen LogP contribution in [0.4, 0.5) is 14.4 Å². The number of amides is 6. The fourth-order valence-corrected chi connectivity index (χ4v) is 4.87. The van der Waals surface area contributed by atoms with Gasteiger partial charge < -0.3 is 0 Å². The average Bonchev–Trinajstić information content (AvgIpc) is 3.08. The van der Waals surface area contributed by atoms with Gasteiger partial charge in [0, 0.05) is 34.3 Å². The van der Waals surface area contributed by atoms with E-state index in [1.807, 2.05) is 34.6 Å². The van der Waals surface area contributed by atoms with Crippen LogP contribution in [-0.4, -0.2) is 52.8 Å². The Kier molecular flexibility index (Phi) is 8.12. The minimum absolute atomic E-state index is 0.0583. The predicted octanol–water partition coefficient (Wildman–Crippen LogP) is -0.989. The summed E-state index contributed by atoms with van der Waals surface area (Å²) in [5, 5.41) is 4.06. The third kappa shape index (κ3) is 6.48. The van der Waals surface area contributed by atoms with Crippen LogP contribution in [0.3, 0.4) is 0 Å². The van der Waals surface area contributed by atoms with E-state index >= 15 is 0 Å². The van der Waals surface area contributed by atoms with Crippen LogP contribution in [0, 0.1) is 0 Å². The number of nitrogens with one attached hydrogen (secondary N) is 3. The van der Waals surface area contributed by atoms with Gasteiger partial charge in [-0.15, -0.1) is 0 Å². The molecule has 3 aromatic rings. The second kappa shape index (κ2) is 12.4. The van der Waals surface area contributed by atoms with Crippen LogP contribution in [0.15, 0.2) is 87.8 Å². The molecule has 224 valence electrons. The van der Waals surface area contributed by atoms with E-state index in [1.54, 1.807) is 54.6 Å². The van der Waals surface area contributed by atoms with Crippen molar-refractivity contribution in [1.82, 2.24) is 31.1 Å².